The number of benzene rings is 1. The highest BCUT2D eigenvalue weighted by Crippen LogP contribution is 2.24. The number of primary amides is 1. The Morgan fingerprint density at radius 1 is 1.15 bits per heavy atom. The molecule has 0 saturated heterocycles. The summed E-state index contributed by atoms with van der Waals surface area (Å²) in [6.45, 7) is 7.52. The first-order chi connectivity index (χ1) is 15.9. The summed E-state index contributed by atoms with van der Waals surface area (Å²) in [5.74, 6) is -3.28. The second kappa shape index (κ2) is 13.8. The van der Waals surface area contributed by atoms with Crippen molar-refractivity contribution in [2.75, 3.05) is 6.61 Å². The zero-order valence-corrected chi connectivity index (χ0v) is 20.7. The number of amides is 3. The molecule has 1 aromatic carbocycles. The van der Waals surface area contributed by atoms with E-state index in [0.29, 0.717) is 6.42 Å². The Labute approximate surface area is 204 Å². The lowest BCUT2D eigenvalue weighted by molar-refractivity contribution is -0.143. The standard InChI is InChI=1S/C23H35ClN4O6/c1-5-13(4)20(23(32)33)28-22(31)17(7-9-19(26)29)27-21(30)15-10-14(24)6-8-18(15)34-11-16(25)12(2)3/h6,8,10,12-13,16-17,20H,5,7,9,11,25H2,1-4H3,(H2,26,29)(H,27,30)(H,28,31)(H,32,33)/t13-,16+,17-,20-/m0/s1. The van der Waals surface area contributed by atoms with Crippen LogP contribution in [-0.2, 0) is 14.4 Å². The predicted molar refractivity (Wildman–Crippen MR) is 128 cm³/mol. The average molecular weight is 499 g/mol. The van der Waals surface area contributed by atoms with Gasteiger partial charge in [-0.1, -0.05) is 45.7 Å². The zero-order valence-electron chi connectivity index (χ0n) is 20.0. The Balaban J connectivity index is 3.13. The molecule has 0 radical (unpaired) electrons. The first-order valence-electron chi connectivity index (χ1n) is 11.2. The highest BCUT2D eigenvalue weighted by molar-refractivity contribution is 6.31. The summed E-state index contributed by atoms with van der Waals surface area (Å²) in [7, 11) is 0. The van der Waals surface area contributed by atoms with Gasteiger partial charge in [0.25, 0.3) is 5.91 Å². The number of carbonyl (C=O) groups excluding carboxylic acids is 3. The minimum atomic E-state index is -1.21. The molecule has 10 nitrogen and oxygen atoms in total. The largest absolute Gasteiger partial charge is 0.491 e. The van der Waals surface area contributed by atoms with E-state index in [-0.39, 0.29) is 53.7 Å². The molecule has 0 aliphatic heterocycles. The summed E-state index contributed by atoms with van der Waals surface area (Å²) >= 11 is 6.06. The van der Waals surface area contributed by atoms with Crippen molar-refractivity contribution >= 4 is 35.3 Å². The van der Waals surface area contributed by atoms with E-state index in [2.05, 4.69) is 10.6 Å². The van der Waals surface area contributed by atoms with Crippen LogP contribution in [0.25, 0.3) is 0 Å². The summed E-state index contributed by atoms with van der Waals surface area (Å²) in [5.41, 5.74) is 11.3. The Morgan fingerprint density at radius 3 is 2.32 bits per heavy atom. The van der Waals surface area contributed by atoms with E-state index in [0.717, 1.165) is 0 Å². The van der Waals surface area contributed by atoms with Crippen molar-refractivity contribution < 1.29 is 29.0 Å². The fraction of sp³-hybridized carbons (Fsp3) is 0.565. The molecular formula is C23H35ClN4O6. The third kappa shape index (κ3) is 9.18. The lowest BCUT2D eigenvalue weighted by Gasteiger charge is -2.24. The normalized spacial score (nSPS) is 14.6. The Bertz CT molecular complexity index is 879. The second-order valence-corrected chi connectivity index (χ2v) is 9.04. The van der Waals surface area contributed by atoms with Gasteiger partial charge in [-0.15, -0.1) is 0 Å². The molecule has 0 saturated carbocycles. The molecule has 7 N–H and O–H groups in total. The quantitative estimate of drug-likeness (QED) is 0.259. The molecule has 4 atom stereocenters. The molecule has 0 bridgehead atoms. The lowest BCUT2D eigenvalue weighted by atomic mass is 9.98. The number of nitrogens with one attached hydrogen (secondary N) is 2. The summed E-state index contributed by atoms with van der Waals surface area (Å²) in [6, 6.07) is 1.81. The van der Waals surface area contributed by atoms with Gasteiger partial charge in [-0.3, -0.25) is 14.4 Å². The number of carboxylic acid groups (broad SMARTS) is 1. The highest BCUT2D eigenvalue weighted by Gasteiger charge is 2.30. The van der Waals surface area contributed by atoms with Crippen LogP contribution in [0.3, 0.4) is 0 Å². The minimum Gasteiger partial charge on any atom is -0.491 e. The Morgan fingerprint density at radius 2 is 1.79 bits per heavy atom. The van der Waals surface area contributed by atoms with Crippen LogP contribution >= 0.6 is 11.6 Å². The smallest absolute Gasteiger partial charge is 0.326 e. The number of rotatable bonds is 14. The van der Waals surface area contributed by atoms with Crippen LogP contribution in [0, 0.1) is 11.8 Å². The number of hydrogen-bond acceptors (Lipinski definition) is 6. The number of hydrogen-bond donors (Lipinski definition) is 5. The fourth-order valence-corrected chi connectivity index (χ4v) is 3.08. The maximum absolute atomic E-state index is 13.1. The lowest BCUT2D eigenvalue weighted by Crippen LogP contribution is -2.53. The first kappa shape index (κ1) is 29.2. The maximum atomic E-state index is 13.1. The van der Waals surface area contributed by atoms with Crippen LogP contribution in [0.2, 0.25) is 5.02 Å². The van der Waals surface area contributed by atoms with E-state index in [1.165, 1.54) is 12.1 Å². The molecule has 1 rings (SSSR count). The van der Waals surface area contributed by atoms with E-state index < -0.39 is 35.8 Å². The van der Waals surface area contributed by atoms with Gasteiger partial charge < -0.3 is 31.9 Å². The second-order valence-electron chi connectivity index (χ2n) is 8.60. The van der Waals surface area contributed by atoms with Crippen molar-refractivity contribution in [3.8, 4) is 5.75 Å². The van der Waals surface area contributed by atoms with E-state index in [1.54, 1.807) is 19.9 Å². The number of carbonyl (C=O) groups is 4. The Hall–Kier alpha value is -2.85. The minimum absolute atomic E-state index is 0.0667. The van der Waals surface area contributed by atoms with Crippen molar-refractivity contribution in [2.24, 2.45) is 23.3 Å². The molecule has 0 unspecified atom stereocenters. The molecule has 0 heterocycles. The molecule has 0 fully saturated rings. The predicted octanol–water partition coefficient (Wildman–Crippen LogP) is 1.68. The van der Waals surface area contributed by atoms with Gasteiger partial charge >= 0.3 is 5.97 Å². The van der Waals surface area contributed by atoms with Gasteiger partial charge in [0.1, 0.15) is 24.4 Å². The summed E-state index contributed by atoms with van der Waals surface area (Å²) in [6.07, 6.45) is 0.202. The van der Waals surface area contributed by atoms with E-state index in [9.17, 15) is 24.3 Å². The molecule has 34 heavy (non-hydrogen) atoms. The van der Waals surface area contributed by atoms with Crippen LogP contribution in [-0.4, -0.2) is 53.5 Å². The SMILES string of the molecule is CC[C@H](C)[C@H](NC(=O)[C@H](CCC(N)=O)NC(=O)c1cc(Cl)ccc1OC[C@@H](N)C(C)C)C(=O)O. The molecular weight excluding hydrogens is 464 g/mol. The van der Waals surface area contributed by atoms with Gasteiger partial charge in [-0.05, 0) is 36.5 Å². The molecule has 0 spiro atoms. The average Bonchev–Trinajstić information content (AvgIpc) is 2.77. The van der Waals surface area contributed by atoms with E-state index in [4.69, 9.17) is 27.8 Å². The van der Waals surface area contributed by atoms with Gasteiger partial charge in [0.2, 0.25) is 11.8 Å². The zero-order chi connectivity index (χ0) is 26.0. The topological polar surface area (TPSA) is 174 Å². The monoisotopic (exact) mass is 498 g/mol. The molecule has 0 aromatic heterocycles. The van der Waals surface area contributed by atoms with Crippen molar-refractivity contribution in [3.05, 3.63) is 28.8 Å². The van der Waals surface area contributed by atoms with E-state index in [1.807, 2.05) is 13.8 Å². The Kier molecular flexibility index (Phi) is 11.8. The van der Waals surface area contributed by atoms with Crippen LogP contribution in [0.15, 0.2) is 18.2 Å². The van der Waals surface area contributed by atoms with Crippen LogP contribution in [0.4, 0.5) is 0 Å². The fourth-order valence-electron chi connectivity index (χ4n) is 2.91. The van der Waals surface area contributed by atoms with Crippen LogP contribution < -0.4 is 26.8 Å². The molecule has 1 aromatic rings. The maximum Gasteiger partial charge on any atom is 0.326 e. The van der Waals surface area contributed by atoms with Gasteiger partial charge in [-0.25, -0.2) is 4.79 Å². The highest BCUT2D eigenvalue weighted by atomic mass is 35.5. The molecule has 3 amide bonds. The summed E-state index contributed by atoms with van der Waals surface area (Å²) < 4.78 is 5.72. The van der Waals surface area contributed by atoms with Gasteiger partial charge in [-0.2, -0.15) is 0 Å². The first-order valence-corrected chi connectivity index (χ1v) is 11.5. The van der Waals surface area contributed by atoms with Crippen LogP contribution in [0.1, 0.15) is 57.3 Å². The molecule has 11 heteroatoms. The number of aliphatic carboxylic acids is 1. The number of halogens is 1. The summed E-state index contributed by atoms with van der Waals surface area (Å²) in [5, 5.41) is 14.7. The van der Waals surface area contributed by atoms with Crippen molar-refractivity contribution in [1.29, 1.82) is 0 Å². The number of carboxylic acids is 1. The number of nitrogens with two attached hydrogens (primary N) is 2. The van der Waals surface area contributed by atoms with E-state index >= 15 is 0 Å². The molecule has 190 valence electrons. The van der Waals surface area contributed by atoms with Gasteiger partial charge in [0.05, 0.1) is 5.56 Å². The van der Waals surface area contributed by atoms with Crippen molar-refractivity contribution in [3.63, 3.8) is 0 Å². The van der Waals surface area contributed by atoms with Crippen molar-refractivity contribution in [1.82, 2.24) is 10.6 Å². The third-order valence-electron chi connectivity index (χ3n) is 5.55. The van der Waals surface area contributed by atoms with Crippen molar-refractivity contribution in [2.45, 2.75) is 65.1 Å². The number of ether oxygens (including phenoxy) is 1. The molecule has 0 aliphatic carbocycles. The summed E-state index contributed by atoms with van der Waals surface area (Å²) in [4.78, 5) is 48.9. The molecule has 0 aliphatic rings. The van der Waals surface area contributed by atoms with Crippen LogP contribution in [0.5, 0.6) is 5.75 Å². The van der Waals surface area contributed by atoms with Gasteiger partial charge in [0, 0.05) is 17.5 Å². The van der Waals surface area contributed by atoms with Gasteiger partial charge in [0.15, 0.2) is 0 Å². The third-order valence-corrected chi connectivity index (χ3v) is 5.79.